The van der Waals surface area contributed by atoms with Crippen LogP contribution in [-0.2, 0) is 0 Å². The zero-order valence-corrected chi connectivity index (χ0v) is 12.6. The molecule has 1 aromatic rings. The number of carbonyl (C=O) groups excluding carboxylic acids is 1. The van der Waals surface area contributed by atoms with E-state index in [2.05, 4.69) is 10.6 Å². The highest BCUT2D eigenvalue weighted by Crippen LogP contribution is 2.21. The first-order chi connectivity index (χ1) is 9.44. The van der Waals surface area contributed by atoms with Crippen LogP contribution in [0, 0.1) is 6.92 Å². The van der Waals surface area contributed by atoms with Gasteiger partial charge in [-0.3, -0.25) is 0 Å². The molecule has 0 saturated carbocycles. The number of urea groups is 1. The largest absolute Gasteiger partial charge is 0.496 e. The average molecular weight is 280 g/mol. The number of hydrogen-bond acceptors (Lipinski definition) is 3. The summed E-state index contributed by atoms with van der Waals surface area (Å²) >= 11 is 0. The van der Waals surface area contributed by atoms with Crippen LogP contribution in [0.2, 0.25) is 0 Å². The molecule has 0 atom stereocenters. The van der Waals surface area contributed by atoms with Gasteiger partial charge in [-0.1, -0.05) is 13.8 Å². The van der Waals surface area contributed by atoms with E-state index in [1.54, 1.807) is 19.2 Å². The molecule has 0 saturated heterocycles. The first-order valence-corrected chi connectivity index (χ1v) is 6.86. The molecule has 0 radical (unpaired) electrons. The Kier molecular flexibility index (Phi) is 5.82. The van der Waals surface area contributed by atoms with Crippen molar-refractivity contribution in [3.63, 3.8) is 0 Å². The van der Waals surface area contributed by atoms with Gasteiger partial charge in [-0.25, -0.2) is 4.79 Å². The molecule has 5 heteroatoms. The number of amides is 2. The smallest absolute Gasteiger partial charge is 0.319 e. The molecule has 0 aromatic heterocycles. The summed E-state index contributed by atoms with van der Waals surface area (Å²) in [4.78, 5) is 11.8. The molecule has 0 unspecified atom stereocenters. The van der Waals surface area contributed by atoms with Gasteiger partial charge in [-0.05, 0) is 43.5 Å². The Morgan fingerprint density at radius 3 is 2.50 bits per heavy atom. The van der Waals surface area contributed by atoms with E-state index in [4.69, 9.17) is 4.74 Å². The molecular formula is C15H24N2O3. The van der Waals surface area contributed by atoms with Gasteiger partial charge in [0.1, 0.15) is 5.75 Å². The lowest BCUT2D eigenvalue weighted by atomic mass is 9.98. The first-order valence-electron chi connectivity index (χ1n) is 6.86. The van der Waals surface area contributed by atoms with Gasteiger partial charge in [0.15, 0.2) is 0 Å². The lowest BCUT2D eigenvalue weighted by molar-refractivity contribution is 0.0354. The molecule has 0 aliphatic rings. The minimum Gasteiger partial charge on any atom is -0.496 e. The standard InChI is InChI=1S/C15H24N2O3/c1-5-15(19,6-2)10-16-14(18)17-12-7-8-13(20-4)11(3)9-12/h7-9,19H,5-6,10H2,1-4H3,(H2,16,17,18). The number of rotatable bonds is 6. The van der Waals surface area contributed by atoms with E-state index in [0.717, 1.165) is 11.3 Å². The fraction of sp³-hybridized carbons (Fsp3) is 0.533. The van der Waals surface area contributed by atoms with Gasteiger partial charge in [0.05, 0.1) is 12.7 Å². The highest BCUT2D eigenvalue weighted by molar-refractivity contribution is 5.89. The van der Waals surface area contributed by atoms with Gasteiger partial charge in [0, 0.05) is 12.2 Å². The molecule has 1 aromatic carbocycles. The molecule has 0 bridgehead atoms. The SMILES string of the molecule is CCC(O)(CC)CNC(=O)Nc1ccc(OC)c(C)c1. The quantitative estimate of drug-likeness (QED) is 0.750. The Balaban J connectivity index is 2.56. The molecule has 112 valence electrons. The van der Waals surface area contributed by atoms with Crippen LogP contribution in [0.5, 0.6) is 5.75 Å². The molecule has 0 heterocycles. The van der Waals surface area contributed by atoms with Crippen LogP contribution in [0.4, 0.5) is 10.5 Å². The third kappa shape index (κ3) is 4.42. The molecule has 0 aliphatic heterocycles. The molecule has 0 fully saturated rings. The van der Waals surface area contributed by atoms with Crippen LogP contribution in [0.3, 0.4) is 0 Å². The molecule has 20 heavy (non-hydrogen) atoms. The number of carbonyl (C=O) groups is 1. The van der Waals surface area contributed by atoms with Crippen molar-refractivity contribution in [1.29, 1.82) is 0 Å². The van der Waals surface area contributed by atoms with Crippen molar-refractivity contribution in [2.45, 2.75) is 39.2 Å². The van der Waals surface area contributed by atoms with Crippen molar-refractivity contribution in [3.05, 3.63) is 23.8 Å². The maximum absolute atomic E-state index is 11.8. The lowest BCUT2D eigenvalue weighted by Gasteiger charge is -2.25. The van der Waals surface area contributed by atoms with Crippen LogP contribution in [0.25, 0.3) is 0 Å². The molecule has 3 N–H and O–H groups in total. The third-order valence-electron chi connectivity index (χ3n) is 3.55. The minimum atomic E-state index is -0.840. The molecular weight excluding hydrogens is 256 g/mol. The first kappa shape index (κ1) is 16.3. The predicted octanol–water partition coefficient (Wildman–Crippen LogP) is 2.68. The summed E-state index contributed by atoms with van der Waals surface area (Å²) in [5, 5.41) is 15.5. The zero-order valence-electron chi connectivity index (χ0n) is 12.6. The minimum absolute atomic E-state index is 0.237. The summed E-state index contributed by atoms with van der Waals surface area (Å²) < 4.78 is 5.16. The number of benzene rings is 1. The van der Waals surface area contributed by atoms with E-state index in [0.29, 0.717) is 18.5 Å². The van der Waals surface area contributed by atoms with Gasteiger partial charge in [0.25, 0.3) is 0 Å². The van der Waals surface area contributed by atoms with Crippen molar-refractivity contribution in [2.75, 3.05) is 19.0 Å². The van der Waals surface area contributed by atoms with Gasteiger partial charge in [-0.2, -0.15) is 0 Å². The predicted molar refractivity (Wildman–Crippen MR) is 80.3 cm³/mol. The van der Waals surface area contributed by atoms with Crippen LogP contribution in [0.1, 0.15) is 32.3 Å². The van der Waals surface area contributed by atoms with E-state index in [1.807, 2.05) is 26.8 Å². The van der Waals surface area contributed by atoms with Gasteiger partial charge >= 0.3 is 6.03 Å². The van der Waals surface area contributed by atoms with Crippen molar-refractivity contribution < 1.29 is 14.6 Å². The van der Waals surface area contributed by atoms with Crippen molar-refractivity contribution >= 4 is 11.7 Å². The number of nitrogens with one attached hydrogen (secondary N) is 2. The van der Waals surface area contributed by atoms with Crippen LogP contribution in [0.15, 0.2) is 18.2 Å². The number of methoxy groups -OCH3 is 1. The Bertz CT molecular complexity index is 456. The summed E-state index contributed by atoms with van der Waals surface area (Å²) in [6.07, 6.45) is 1.21. The van der Waals surface area contributed by atoms with Crippen molar-refractivity contribution in [1.82, 2.24) is 5.32 Å². The lowest BCUT2D eigenvalue weighted by Crippen LogP contribution is -2.43. The number of aryl methyl sites for hydroxylation is 1. The fourth-order valence-electron chi connectivity index (χ4n) is 1.88. The monoisotopic (exact) mass is 280 g/mol. The Hall–Kier alpha value is -1.75. The van der Waals surface area contributed by atoms with Crippen LogP contribution in [-0.4, -0.2) is 30.4 Å². The Morgan fingerprint density at radius 2 is 2.00 bits per heavy atom. The second-order valence-corrected chi connectivity index (χ2v) is 4.92. The normalized spacial score (nSPS) is 11.1. The highest BCUT2D eigenvalue weighted by Gasteiger charge is 2.22. The second kappa shape index (κ2) is 7.14. The number of ether oxygens (including phenoxy) is 1. The Morgan fingerprint density at radius 1 is 1.35 bits per heavy atom. The number of aliphatic hydroxyl groups is 1. The second-order valence-electron chi connectivity index (χ2n) is 4.92. The number of hydrogen-bond donors (Lipinski definition) is 3. The maximum Gasteiger partial charge on any atom is 0.319 e. The molecule has 0 aliphatic carbocycles. The third-order valence-corrected chi connectivity index (χ3v) is 3.55. The van der Waals surface area contributed by atoms with Crippen LogP contribution < -0.4 is 15.4 Å². The molecule has 1 rings (SSSR count). The summed E-state index contributed by atoms with van der Waals surface area (Å²) in [6.45, 7) is 5.95. The van der Waals surface area contributed by atoms with Crippen molar-refractivity contribution in [3.8, 4) is 5.75 Å². The number of anilines is 1. The van der Waals surface area contributed by atoms with Crippen molar-refractivity contribution in [2.24, 2.45) is 0 Å². The topological polar surface area (TPSA) is 70.6 Å². The molecule has 5 nitrogen and oxygen atoms in total. The fourth-order valence-corrected chi connectivity index (χ4v) is 1.88. The molecule has 0 spiro atoms. The van der Waals surface area contributed by atoms with Crippen LogP contribution >= 0.6 is 0 Å². The van der Waals surface area contributed by atoms with E-state index < -0.39 is 5.60 Å². The van der Waals surface area contributed by atoms with Gasteiger partial charge < -0.3 is 20.5 Å². The summed E-state index contributed by atoms with van der Waals surface area (Å²) in [6, 6.07) is 5.09. The van der Waals surface area contributed by atoms with Gasteiger partial charge in [0.2, 0.25) is 0 Å². The average Bonchev–Trinajstić information content (AvgIpc) is 2.45. The maximum atomic E-state index is 11.8. The summed E-state index contributed by atoms with van der Waals surface area (Å²) in [5.74, 6) is 0.780. The van der Waals surface area contributed by atoms with E-state index in [-0.39, 0.29) is 12.6 Å². The van der Waals surface area contributed by atoms with E-state index in [9.17, 15) is 9.90 Å². The Labute approximate surface area is 120 Å². The summed E-state index contributed by atoms with van der Waals surface area (Å²) in [7, 11) is 1.61. The zero-order chi connectivity index (χ0) is 15.2. The summed E-state index contributed by atoms with van der Waals surface area (Å²) in [5.41, 5.74) is 0.800. The van der Waals surface area contributed by atoms with E-state index >= 15 is 0 Å². The van der Waals surface area contributed by atoms with Gasteiger partial charge in [-0.15, -0.1) is 0 Å². The highest BCUT2D eigenvalue weighted by atomic mass is 16.5. The van der Waals surface area contributed by atoms with E-state index in [1.165, 1.54) is 0 Å². The molecule has 2 amide bonds.